The molecule has 3 heterocycles. The number of nitrogens with zero attached hydrogens (tertiary/aromatic N) is 4. The summed E-state index contributed by atoms with van der Waals surface area (Å²) >= 11 is 0. The van der Waals surface area contributed by atoms with Crippen molar-refractivity contribution in [2.75, 3.05) is 0 Å². The van der Waals surface area contributed by atoms with Crippen LogP contribution in [0.15, 0.2) is 12.3 Å². The maximum absolute atomic E-state index is 4.55. The molecule has 1 saturated heterocycles. The van der Waals surface area contributed by atoms with Crippen molar-refractivity contribution < 1.29 is 0 Å². The molecule has 2 aromatic heterocycles. The zero-order chi connectivity index (χ0) is 15.0. The first-order valence-electron chi connectivity index (χ1n) is 7.86. The second kappa shape index (κ2) is 5.73. The van der Waals surface area contributed by atoms with E-state index in [1.807, 2.05) is 24.9 Å². The number of hydrazine groups is 1. The third-order valence-corrected chi connectivity index (χ3v) is 4.58. The summed E-state index contributed by atoms with van der Waals surface area (Å²) in [4.78, 5) is 4.55. The minimum absolute atomic E-state index is 0.602. The molecule has 21 heavy (non-hydrogen) atoms. The first-order chi connectivity index (χ1) is 10.1. The van der Waals surface area contributed by atoms with Crippen LogP contribution in [0, 0.1) is 6.92 Å². The molecule has 0 amide bonds. The summed E-state index contributed by atoms with van der Waals surface area (Å²) in [5.41, 5.74) is 6.80. The fraction of sp³-hybridized carbons (Fsp3) is 0.625. The van der Waals surface area contributed by atoms with E-state index in [2.05, 4.69) is 40.4 Å². The molecule has 0 spiro atoms. The molecule has 2 unspecified atom stereocenters. The largest absolute Gasteiger partial charge is 0.250 e. The van der Waals surface area contributed by atoms with Gasteiger partial charge in [0, 0.05) is 37.3 Å². The Morgan fingerprint density at radius 1 is 1.29 bits per heavy atom. The van der Waals surface area contributed by atoms with Crippen LogP contribution >= 0.6 is 0 Å². The Labute approximate surface area is 126 Å². The van der Waals surface area contributed by atoms with E-state index < -0.39 is 0 Å². The minimum atomic E-state index is 0.602. The van der Waals surface area contributed by atoms with Crippen molar-refractivity contribution in [2.45, 2.75) is 58.7 Å². The molecule has 1 aliphatic rings. The average molecular weight is 287 g/mol. The molecular weight excluding hydrogens is 262 g/mol. The summed E-state index contributed by atoms with van der Waals surface area (Å²) in [5, 5.41) is 7.98. The van der Waals surface area contributed by atoms with E-state index in [-0.39, 0.29) is 0 Å². The Kier molecular flexibility index (Phi) is 3.95. The Morgan fingerprint density at radius 3 is 2.71 bits per heavy atom. The van der Waals surface area contributed by atoms with E-state index >= 15 is 0 Å². The van der Waals surface area contributed by atoms with Gasteiger partial charge < -0.3 is 0 Å². The van der Waals surface area contributed by atoms with Crippen LogP contribution in [0.5, 0.6) is 0 Å². The molecule has 3 rings (SSSR count). The zero-order valence-electron chi connectivity index (χ0n) is 13.4. The van der Waals surface area contributed by atoms with Crippen LogP contribution in [-0.4, -0.2) is 31.9 Å². The fourth-order valence-corrected chi connectivity index (χ4v) is 3.36. The molecule has 0 bridgehead atoms. The van der Waals surface area contributed by atoms with Gasteiger partial charge in [-0.05, 0) is 45.2 Å². The number of fused-ring (bicyclic) bond motifs is 1. The number of piperidine rings is 1. The lowest BCUT2D eigenvalue weighted by Gasteiger charge is -2.39. The third kappa shape index (κ3) is 2.80. The number of nitrogens with one attached hydrogen (secondary N) is 1. The Balaban J connectivity index is 1.74. The van der Waals surface area contributed by atoms with Crippen LogP contribution in [0.4, 0.5) is 0 Å². The molecule has 0 radical (unpaired) electrons. The molecule has 114 valence electrons. The van der Waals surface area contributed by atoms with Crippen molar-refractivity contribution in [1.82, 2.24) is 25.2 Å². The summed E-state index contributed by atoms with van der Waals surface area (Å²) in [6, 6.07) is 3.41. The van der Waals surface area contributed by atoms with Gasteiger partial charge in [-0.3, -0.25) is 10.1 Å². The van der Waals surface area contributed by atoms with Gasteiger partial charge in [0.25, 0.3) is 0 Å². The van der Waals surface area contributed by atoms with E-state index in [1.54, 1.807) is 0 Å². The van der Waals surface area contributed by atoms with E-state index in [0.717, 1.165) is 23.3 Å². The summed E-state index contributed by atoms with van der Waals surface area (Å²) in [5.74, 6) is 0. The van der Waals surface area contributed by atoms with Gasteiger partial charge in [0.2, 0.25) is 0 Å². The first kappa shape index (κ1) is 14.5. The highest BCUT2D eigenvalue weighted by Gasteiger charge is 2.24. The van der Waals surface area contributed by atoms with Crippen molar-refractivity contribution >= 4 is 11.0 Å². The second-order valence-corrected chi connectivity index (χ2v) is 6.29. The van der Waals surface area contributed by atoms with Crippen molar-refractivity contribution in [3.63, 3.8) is 0 Å². The zero-order valence-corrected chi connectivity index (χ0v) is 13.4. The van der Waals surface area contributed by atoms with Crippen LogP contribution in [0.3, 0.4) is 0 Å². The highest BCUT2D eigenvalue weighted by atomic mass is 15.5. The van der Waals surface area contributed by atoms with E-state index in [4.69, 9.17) is 0 Å². The SMILES string of the molecule is Cc1nn(C)c2ncc(CNN3C(C)CCCC3C)cc12. The molecule has 0 aromatic carbocycles. The third-order valence-electron chi connectivity index (χ3n) is 4.58. The van der Waals surface area contributed by atoms with Gasteiger partial charge in [-0.15, -0.1) is 0 Å². The van der Waals surface area contributed by atoms with Gasteiger partial charge in [-0.25, -0.2) is 9.99 Å². The summed E-state index contributed by atoms with van der Waals surface area (Å²) in [6.45, 7) is 7.46. The van der Waals surface area contributed by atoms with E-state index in [9.17, 15) is 0 Å². The summed E-state index contributed by atoms with van der Waals surface area (Å²) < 4.78 is 1.84. The van der Waals surface area contributed by atoms with Gasteiger partial charge >= 0.3 is 0 Å². The maximum Gasteiger partial charge on any atom is 0.157 e. The molecule has 2 atom stereocenters. The minimum Gasteiger partial charge on any atom is -0.250 e. The predicted molar refractivity (Wildman–Crippen MR) is 84.7 cm³/mol. The van der Waals surface area contributed by atoms with E-state index in [0.29, 0.717) is 12.1 Å². The lowest BCUT2D eigenvalue weighted by atomic mass is 10.00. The van der Waals surface area contributed by atoms with Crippen LogP contribution in [-0.2, 0) is 13.6 Å². The molecule has 0 aliphatic carbocycles. The lowest BCUT2D eigenvalue weighted by Crippen LogP contribution is -2.51. The molecule has 1 aliphatic heterocycles. The first-order valence-corrected chi connectivity index (χ1v) is 7.86. The summed E-state index contributed by atoms with van der Waals surface area (Å²) in [6.07, 6.45) is 5.84. The highest BCUT2D eigenvalue weighted by Crippen LogP contribution is 2.21. The van der Waals surface area contributed by atoms with Crippen LogP contribution in [0.25, 0.3) is 11.0 Å². The predicted octanol–water partition coefficient (Wildman–Crippen LogP) is 2.54. The van der Waals surface area contributed by atoms with Crippen LogP contribution in [0.2, 0.25) is 0 Å². The van der Waals surface area contributed by atoms with Gasteiger partial charge in [-0.1, -0.05) is 6.42 Å². The number of hydrogen-bond donors (Lipinski definition) is 1. The number of rotatable bonds is 3. The number of aryl methyl sites for hydroxylation is 2. The van der Waals surface area contributed by atoms with Gasteiger partial charge in [0.15, 0.2) is 5.65 Å². The van der Waals surface area contributed by atoms with Crippen molar-refractivity contribution in [2.24, 2.45) is 7.05 Å². The average Bonchev–Trinajstić information content (AvgIpc) is 2.73. The van der Waals surface area contributed by atoms with Crippen molar-refractivity contribution in [1.29, 1.82) is 0 Å². The van der Waals surface area contributed by atoms with Gasteiger partial charge in [0.05, 0.1) is 5.69 Å². The molecule has 1 fully saturated rings. The number of hydrogen-bond acceptors (Lipinski definition) is 4. The van der Waals surface area contributed by atoms with Crippen LogP contribution in [0.1, 0.15) is 44.4 Å². The topological polar surface area (TPSA) is 46.0 Å². The second-order valence-electron chi connectivity index (χ2n) is 6.29. The van der Waals surface area contributed by atoms with Crippen molar-refractivity contribution in [3.8, 4) is 0 Å². The molecule has 2 aromatic rings. The molecule has 1 N–H and O–H groups in total. The molecule has 5 nitrogen and oxygen atoms in total. The quantitative estimate of drug-likeness (QED) is 0.942. The normalized spacial score (nSPS) is 23.8. The number of pyridine rings is 1. The van der Waals surface area contributed by atoms with Gasteiger partial charge in [0.1, 0.15) is 0 Å². The lowest BCUT2D eigenvalue weighted by molar-refractivity contribution is 0.0435. The smallest absolute Gasteiger partial charge is 0.157 e. The fourth-order valence-electron chi connectivity index (χ4n) is 3.36. The summed E-state index contributed by atoms with van der Waals surface area (Å²) in [7, 11) is 1.94. The van der Waals surface area contributed by atoms with E-state index in [1.165, 1.54) is 24.8 Å². The number of aromatic nitrogens is 3. The molecule has 5 heteroatoms. The van der Waals surface area contributed by atoms with Gasteiger partial charge in [-0.2, -0.15) is 5.10 Å². The monoisotopic (exact) mass is 287 g/mol. The van der Waals surface area contributed by atoms with Crippen molar-refractivity contribution in [3.05, 3.63) is 23.5 Å². The highest BCUT2D eigenvalue weighted by molar-refractivity contribution is 5.78. The Hall–Kier alpha value is -1.46. The Bertz CT molecular complexity index is 623. The molecular formula is C16H25N5. The standard InChI is InChI=1S/C16H25N5/c1-11-6-5-7-12(2)21(11)18-10-14-8-15-13(3)19-20(4)16(15)17-9-14/h8-9,11-12,18H,5-7,10H2,1-4H3. The Morgan fingerprint density at radius 2 is 2.00 bits per heavy atom. The molecule has 0 saturated carbocycles. The maximum atomic E-state index is 4.55. The van der Waals surface area contributed by atoms with Crippen LogP contribution < -0.4 is 5.43 Å².